The number of nitrogens with one attached hydrogen (secondary N) is 1. The van der Waals surface area contributed by atoms with E-state index in [4.69, 9.17) is 9.84 Å². The van der Waals surface area contributed by atoms with E-state index in [0.717, 1.165) is 11.3 Å². The molecule has 0 saturated carbocycles. The van der Waals surface area contributed by atoms with E-state index in [2.05, 4.69) is 5.32 Å². The Morgan fingerprint density at radius 3 is 2.67 bits per heavy atom. The van der Waals surface area contributed by atoms with E-state index in [-0.39, 0.29) is 12.6 Å². The van der Waals surface area contributed by atoms with Crippen molar-refractivity contribution in [3.8, 4) is 0 Å². The van der Waals surface area contributed by atoms with Gasteiger partial charge in [0.05, 0.1) is 0 Å². The van der Waals surface area contributed by atoms with Crippen LogP contribution in [0.3, 0.4) is 0 Å². The van der Waals surface area contributed by atoms with Crippen LogP contribution in [-0.2, 0) is 9.53 Å². The lowest BCUT2D eigenvalue weighted by Gasteiger charge is -2.15. The fraction of sp³-hybridized carbons (Fsp3) is 0.778. The second-order valence-electron chi connectivity index (χ2n) is 3.03. The average Bonchev–Trinajstić information content (AvgIpc) is 2.16. The summed E-state index contributed by atoms with van der Waals surface area (Å²) in [6.07, 6.45) is 0.723. The minimum Gasteiger partial charge on any atom is -0.480 e. The van der Waals surface area contributed by atoms with Crippen molar-refractivity contribution in [2.75, 3.05) is 33.4 Å². The summed E-state index contributed by atoms with van der Waals surface area (Å²) in [6, 6.07) is -0.381. The number of aliphatic carboxylic acids is 1. The molecule has 0 heterocycles. The first-order valence-electron chi connectivity index (χ1n) is 4.86. The van der Waals surface area contributed by atoms with Crippen molar-refractivity contribution >= 4 is 12.0 Å². The van der Waals surface area contributed by atoms with Crippen molar-refractivity contribution in [3.63, 3.8) is 0 Å². The maximum atomic E-state index is 11.2. The van der Waals surface area contributed by atoms with E-state index in [1.807, 2.05) is 6.92 Å². The molecule has 2 N–H and O–H groups in total. The molecular weight excluding hydrogens is 200 g/mol. The highest BCUT2D eigenvalue weighted by Gasteiger charge is 2.10. The summed E-state index contributed by atoms with van der Waals surface area (Å²) in [5.74, 6) is -1.03. The number of amides is 2. The Morgan fingerprint density at radius 1 is 1.47 bits per heavy atom. The third-order valence-corrected chi connectivity index (χ3v) is 1.66. The lowest BCUT2D eigenvalue weighted by molar-refractivity contribution is -0.137. The Hall–Kier alpha value is -1.30. The largest absolute Gasteiger partial charge is 0.480 e. The van der Waals surface area contributed by atoms with Gasteiger partial charge >= 0.3 is 12.0 Å². The number of nitrogens with zero attached hydrogens (tertiary/aromatic N) is 1. The summed E-state index contributed by atoms with van der Waals surface area (Å²) in [5, 5.41) is 11.0. The van der Waals surface area contributed by atoms with E-state index in [0.29, 0.717) is 19.8 Å². The van der Waals surface area contributed by atoms with Gasteiger partial charge in [-0.3, -0.25) is 4.79 Å². The van der Waals surface area contributed by atoms with Crippen LogP contribution in [0.15, 0.2) is 0 Å². The first-order valence-corrected chi connectivity index (χ1v) is 4.86. The molecule has 6 nitrogen and oxygen atoms in total. The number of hydrogen-bond acceptors (Lipinski definition) is 3. The van der Waals surface area contributed by atoms with Crippen LogP contribution >= 0.6 is 0 Å². The van der Waals surface area contributed by atoms with Crippen molar-refractivity contribution < 1.29 is 19.4 Å². The van der Waals surface area contributed by atoms with Crippen LogP contribution in [0.2, 0.25) is 0 Å². The summed E-state index contributed by atoms with van der Waals surface area (Å²) >= 11 is 0. The van der Waals surface area contributed by atoms with Gasteiger partial charge in [-0.1, -0.05) is 0 Å². The van der Waals surface area contributed by atoms with Crippen LogP contribution in [0.5, 0.6) is 0 Å². The molecule has 0 saturated heterocycles. The van der Waals surface area contributed by atoms with Gasteiger partial charge in [0.1, 0.15) is 6.54 Å². The summed E-state index contributed by atoms with van der Waals surface area (Å²) in [7, 11) is 1.44. The van der Waals surface area contributed by atoms with Crippen molar-refractivity contribution in [3.05, 3.63) is 0 Å². The quantitative estimate of drug-likeness (QED) is 0.596. The summed E-state index contributed by atoms with van der Waals surface area (Å²) in [5.41, 5.74) is 0. The maximum Gasteiger partial charge on any atom is 0.323 e. The Morgan fingerprint density at radius 2 is 2.13 bits per heavy atom. The molecule has 0 rings (SSSR count). The van der Waals surface area contributed by atoms with E-state index in [9.17, 15) is 9.59 Å². The zero-order valence-corrected chi connectivity index (χ0v) is 9.15. The number of carbonyl (C=O) groups excluding carboxylic acids is 1. The fourth-order valence-corrected chi connectivity index (χ4v) is 0.924. The lowest BCUT2D eigenvalue weighted by atomic mass is 10.4. The van der Waals surface area contributed by atoms with Crippen molar-refractivity contribution in [2.45, 2.75) is 13.3 Å². The summed E-state index contributed by atoms with van der Waals surface area (Å²) in [6.45, 7) is 3.35. The highest BCUT2D eigenvalue weighted by atomic mass is 16.5. The summed E-state index contributed by atoms with van der Waals surface area (Å²) < 4.78 is 5.08. The molecule has 0 atom stereocenters. The van der Waals surface area contributed by atoms with Gasteiger partial charge in [0.15, 0.2) is 0 Å². The number of rotatable bonds is 7. The number of carboxylic acid groups (broad SMARTS) is 1. The van der Waals surface area contributed by atoms with Gasteiger partial charge in [0, 0.05) is 26.8 Å². The Bertz CT molecular complexity index is 208. The molecular formula is C9H18N2O4. The van der Waals surface area contributed by atoms with E-state index in [1.165, 1.54) is 7.05 Å². The van der Waals surface area contributed by atoms with Crippen molar-refractivity contribution in [1.29, 1.82) is 0 Å². The van der Waals surface area contributed by atoms with Gasteiger partial charge < -0.3 is 20.1 Å². The minimum atomic E-state index is -1.03. The third kappa shape index (κ3) is 7.75. The lowest BCUT2D eigenvalue weighted by Crippen LogP contribution is -2.40. The van der Waals surface area contributed by atoms with Crippen molar-refractivity contribution in [2.24, 2.45) is 0 Å². The molecule has 0 bridgehead atoms. The molecule has 2 amide bonds. The Labute approximate surface area is 89.2 Å². The standard InChI is InChI=1S/C9H18N2O4/c1-3-15-6-4-5-10-9(14)11(2)7-8(12)13/h3-7H2,1-2H3,(H,10,14)(H,12,13). The van der Waals surface area contributed by atoms with Gasteiger partial charge in [-0.2, -0.15) is 0 Å². The zero-order chi connectivity index (χ0) is 11.7. The van der Waals surface area contributed by atoms with Gasteiger partial charge in [-0.05, 0) is 13.3 Å². The molecule has 0 aromatic heterocycles. The molecule has 15 heavy (non-hydrogen) atoms. The molecule has 0 radical (unpaired) electrons. The molecule has 0 aromatic carbocycles. The van der Waals surface area contributed by atoms with Crippen LogP contribution < -0.4 is 5.32 Å². The first-order chi connectivity index (χ1) is 7.07. The SMILES string of the molecule is CCOCCCNC(=O)N(C)CC(=O)O. The second-order valence-corrected chi connectivity index (χ2v) is 3.03. The normalized spacial score (nSPS) is 9.73. The van der Waals surface area contributed by atoms with Gasteiger partial charge in [-0.25, -0.2) is 4.79 Å². The minimum absolute atomic E-state index is 0.294. The molecule has 0 spiro atoms. The maximum absolute atomic E-state index is 11.2. The monoisotopic (exact) mass is 218 g/mol. The highest BCUT2D eigenvalue weighted by molar-refractivity contribution is 5.79. The van der Waals surface area contributed by atoms with Crippen LogP contribution in [0.1, 0.15) is 13.3 Å². The average molecular weight is 218 g/mol. The Kier molecular flexibility index (Phi) is 7.35. The third-order valence-electron chi connectivity index (χ3n) is 1.66. The number of carbonyl (C=O) groups is 2. The first kappa shape index (κ1) is 13.7. The molecule has 6 heteroatoms. The predicted molar refractivity (Wildman–Crippen MR) is 54.8 cm³/mol. The van der Waals surface area contributed by atoms with E-state index >= 15 is 0 Å². The van der Waals surface area contributed by atoms with Gasteiger partial charge in [0.25, 0.3) is 0 Å². The molecule has 0 aliphatic rings. The van der Waals surface area contributed by atoms with Crippen LogP contribution in [0, 0.1) is 0 Å². The van der Waals surface area contributed by atoms with Crippen molar-refractivity contribution in [1.82, 2.24) is 10.2 Å². The zero-order valence-electron chi connectivity index (χ0n) is 9.15. The van der Waals surface area contributed by atoms with Gasteiger partial charge in [0.2, 0.25) is 0 Å². The molecule has 0 aromatic rings. The highest BCUT2D eigenvalue weighted by Crippen LogP contribution is 1.85. The number of likely N-dealkylation sites (N-methyl/N-ethyl adjacent to an activating group) is 1. The fourth-order valence-electron chi connectivity index (χ4n) is 0.924. The van der Waals surface area contributed by atoms with Crippen LogP contribution in [0.4, 0.5) is 4.79 Å². The van der Waals surface area contributed by atoms with Crippen LogP contribution in [0.25, 0.3) is 0 Å². The second kappa shape index (κ2) is 8.05. The van der Waals surface area contributed by atoms with Crippen LogP contribution in [-0.4, -0.2) is 55.4 Å². The molecule has 0 unspecified atom stereocenters. The number of urea groups is 1. The van der Waals surface area contributed by atoms with Gasteiger partial charge in [-0.15, -0.1) is 0 Å². The smallest absolute Gasteiger partial charge is 0.323 e. The predicted octanol–water partition coefficient (Wildman–Crippen LogP) is 0.139. The topological polar surface area (TPSA) is 78.9 Å². The van der Waals surface area contributed by atoms with E-state index < -0.39 is 5.97 Å². The van der Waals surface area contributed by atoms with E-state index in [1.54, 1.807) is 0 Å². The summed E-state index contributed by atoms with van der Waals surface area (Å²) in [4.78, 5) is 22.6. The molecule has 0 fully saturated rings. The Balaban J connectivity index is 3.51. The molecule has 88 valence electrons. The number of carboxylic acids is 1. The number of ether oxygens (including phenoxy) is 1. The number of hydrogen-bond donors (Lipinski definition) is 2. The molecule has 0 aliphatic carbocycles. The molecule has 0 aliphatic heterocycles.